The average Bonchev–Trinajstić information content (AvgIpc) is 3.41. The highest BCUT2D eigenvalue weighted by molar-refractivity contribution is 7.23. The summed E-state index contributed by atoms with van der Waals surface area (Å²) in [7, 11) is 0. The van der Waals surface area contributed by atoms with Crippen LogP contribution in [0.4, 0.5) is 0 Å². The lowest BCUT2D eigenvalue weighted by molar-refractivity contribution is 1.66. The summed E-state index contributed by atoms with van der Waals surface area (Å²) in [5.41, 5.74) is 6.36. The van der Waals surface area contributed by atoms with E-state index in [0.29, 0.717) is 0 Å². The van der Waals surface area contributed by atoms with Crippen LogP contribution in [0, 0.1) is 0 Å². The molecule has 182 valence electrons. The van der Waals surface area contributed by atoms with Crippen LogP contribution in [0.15, 0.2) is 146 Å². The molecular formula is C38H24S. The van der Waals surface area contributed by atoms with Crippen molar-refractivity contribution in [2.75, 3.05) is 0 Å². The fraction of sp³-hybridized carbons (Fsp3) is 0. The molecular weight excluding hydrogens is 488 g/mol. The minimum atomic E-state index is 1.25. The average molecular weight is 513 g/mol. The Morgan fingerprint density at radius 2 is 0.769 bits per heavy atom. The van der Waals surface area contributed by atoms with Crippen molar-refractivity contribution in [3.63, 3.8) is 0 Å². The maximum Gasteiger partial charge on any atom is 0.0433 e. The second-order valence-electron chi connectivity index (χ2n) is 10.1. The van der Waals surface area contributed by atoms with Crippen molar-refractivity contribution in [1.82, 2.24) is 0 Å². The summed E-state index contributed by atoms with van der Waals surface area (Å²) >= 11 is 1.89. The Bertz CT molecular complexity index is 2120. The van der Waals surface area contributed by atoms with Gasteiger partial charge in [-0.05, 0) is 66.7 Å². The molecule has 0 spiro atoms. The molecule has 0 aliphatic carbocycles. The maximum absolute atomic E-state index is 2.38. The van der Waals surface area contributed by atoms with Crippen molar-refractivity contribution in [2.24, 2.45) is 0 Å². The SMILES string of the molecule is c1ccc(-c2sc3cc(-c4ccc5c6ccccc6c6ccccc6c5c4)ccc3c2-c2ccccc2)cc1. The van der Waals surface area contributed by atoms with Gasteiger partial charge in [-0.25, -0.2) is 0 Å². The van der Waals surface area contributed by atoms with Crippen molar-refractivity contribution < 1.29 is 0 Å². The normalized spacial score (nSPS) is 11.6. The molecule has 0 amide bonds. The van der Waals surface area contributed by atoms with E-state index in [-0.39, 0.29) is 0 Å². The third-order valence-electron chi connectivity index (χ3n) is 7.87. The van der Waals surface area contributed by atoms with Gasteiger partial charge in [0.15, 0.2) is 0 Å². The standard InChI is InChI=1S/C38H24S/c1-3-11-25(12-4-1)37-34-22-20-28(24-36(34)39-38(37)26-13-5-2-6-14-26)27-19-21-33-31-17-8-7-15-29(31)30-16-9-10-18-32(30)35(33)23-27/h1-24H. The van der Waals surface area contributed by atoms with Gasteiger partial charge in [0.05, 0.1) is 0 Å². The fourth-order valence-electron chi connectivity index (χ4n) is 6.05. The predicted octanol–water partition coefficient (Wildman–Crippen LogP) is 11.4. The Balaban J connectivity index is 1.36. The van der Waals surface area contributed by atoms with E-state index in [1.807, 2.05) is 11.3 Å². The highest BCUT2D eigenvalue weighted by atomic mass is 32.1. The van der Waals surface area contributed by atoms with E-state index in [9.17, 15) is 0 Å². The maximum atomic E-state index is 2.38. The van der Waals surface area contributed by atoms with Gasteiger partial charge in [0.2, 0.25) is 0 Å². The van der Waals surface area contributed by atoms with Crippen LogP contribution in [0.1, 0.15) is 0 Å². The number of fused-ring (bicyclic) bond motifs is 7. The van der Waals surface area contributed by atoms with Crippen LogP contribution in [-0.2, 0) is 0 Å². The van der Waals surface area contributed by atoms with Gasteiger partial charge in [0, 0.05) is 20.5 Å². The van der Waals surface area contributed by atoms with Crippen LogP contribution >= 0.6 is 11.3 Å². The number of benzene rings is 7. The second kappa shape index (κ2) is 8.94. The molecule has 0 bridgehead atoms. The van der Waals surface area contributed by atoms with E-state index >= 15 is 0 Å². The summed E-state index contributed by atoms with van der Waals surface area (Å²) in [4.78, 5) is 1.32. The van der Waals surface area contributed by atoms with Gasteiger partial charge < -0.3 is 0 Å². The molecule has 39 heavy (non-hydrogen) atoms. The summed E-state index contributed by atoms with van der Waals surface area (Å²) in [5, 5.41) is 9.17. The zero-order valence-corrected chi connectivity index (χ0v) is 22.1. The summed E-state index contributed by atoms with van der Waals surface area (Å²) in [6.07, 6.45) is 0. The van der Waals surface area contributed by atoms with Gasteiger partial charge in [0.25, 0.3) is 0 Å². The minimum absolute atomic E-state index is 1.25. The van der Waals surface area contributed by atoms with Crippen molar-refractivity contribution in [3.8, 4) is 32.7 Å². The van der Waals surface area contributed by atoms with Crippen molar-refractivity contribution >= 4 is 53.7 Å². The van der Waals surface area contributed by atoms with E-state index in [1.165, 1.54) is 75.1 Å². The number of thiophene rings is 1. The third-order valence-corrected chi connectivity index (χ3v) is 9.07. The summed E-state index contributed by atoms with van der Waals surface area (Å²) < 4.78 is 1.31. The molecule has 0 saturated carbocycles. The van der Waals surface area contributed by atoms with Gasteiger partial charge in [-0.1, -0.05) is 133 Å². The molecule has 1 heteroatoms. The number of hydrogen-bond acceptors (Lipinski definition) is 1. The molecule has 0 aliphatic heterocycles. The topological polar surface area (TPSA) is 0 Å². The van der Waals surface area contributed by atoms with Gasteiger partial charge in [-0.3, -0.25) is 0 Å². The van der Waals surface area contributed by atoms with Gasteiger partial charge in [-0.2, -0.15) is 0 Å². The van der Waals surface area contributed by atoms with Crippen molar-refractivity contribution in [3.05, 3.63) is 146 Å². The van der Waals surface area contributed by atoms with Crippen molar-refractivity contribution in [2.45, 2.75) is 0 Å². The molecule has 0 radical (unpaired) electrons. The smallest absolute Gasteiger partial charge is 0.0433 e. The van der Waals surface area contributed by atoms with Crippen LogP contribution in [0.5, 0.6) is 0 Å². The first-order valence-corrected chi connectivity index (χ1v) is 14.2. The minimum Gasteiger partial charge on any atom is -0.135 e. The Morgan fingerprint density at radius 1 is 0.308 bits per heavy atom. The Hall–Kier alpha value is -4.72. The molecule has 0 N–H and O–H groups in total. The first kappa shape index (κ1) is 22.3. The molecule has 0 fully saturated rings. The molecule has 0 nitrogen and oxygen atoms in total. The fourth-order valence-corrected chi connectivity index (χ4v) is 7.32. The predicted molar refractivity (Wildman–Crippen MR) is 171 cm³/mol. The second-order valence-corrected chi connectivity index (χ2v) is 11.2. The highest BCUT2D eigenvalue weighted by Gasteiger charge is 2.17. The van der Waals surface area contributed by atoms with Gasteiger partial charge in [-0.15, -0.1) is 11.3 Å². The van der Waals surface area contributed by atoms with Crippen LogP contribution in [0.2, 0.25) is 0 Å². The highest BCUT2D eigenvalue weighted by Crippen LogP contribution is 2.46. The Kier molecular flexibility index (Phi) is 5.11. The molecule has 0 aliphatic rings. The summed E-state index contributed by atoms with van der Waals surface area (Å²) in [6.45, 7) is 0. The molecule has 1 aromatic heterocycles. The lowest BCUT2D eigenvalue weighted by atomic mass is 9.92. The van der Waals surface area contributed by atoms with Crippen LogP contribution in [0.3, 0.4) is 0 Å². The largest absolute Gasteiger partial charge is 0.135 e. The lowest BCUT2D eigenvalue weighted by Crippen LogP contribution is -1.85. The molecule has 7 aromatic carbocycles. The third kappa shape index (κ3) is 3.59. The van der Waals surface area contributed by atoms with Crippen LogP contribution in [-0.4, -0.2) is 0 Å². The van der Waals surface area contributed by atoms with E-state index in [2.05, 4.69) is 146 Å². The van der Waals surface area contributed by atoms with E-state index < -0.39 is 0 Å². The first-order valence-electron chi connectivity index (χ1n) is 13.4. The molecule has 0 atom stereocenters. The monoisotopic (exact) mass is 512 g/mol. The number of hydrogen-bond donors (Lipinski definition) is 0. The van der Waals surface area contributed by atoms with Crippen LogP contribution < -0.4 is 0 Å². The van der Waals surface area contributed by atoms with Gasteiger partial charge in [0.1, 0.15) is 0 Å². The molecule has 8 rings (SSSR count). The Labute approximate surface area is 231 Å². The molecule has 0 unspecified atom stereocenters. The zero-order chi connectivity index (χ0) is 25.8. The van der Waals surface area contributed by atoms with Crippen LogP contribution in [0.25, 0.3) is 75.1 Å². The molecule has 8 aromatic rings. The van der Waals surface area contributed by atoms with E-state index in [0.717, 1.165) is 0 Å². The first-order chi connectivity index (χ1) is 19.3. The van der Waals surface area contributed by atoms with E-state index in [4.69, 9.17) is 0 Å². The quantitative estimate of drug-likeness (QED) is 0.207. The van der Waals surface area contributed by atoms with Gasteiger partial charge >= 0.3 is 0 Å². The zero-order valence-electron chi connectivity index (χ0n) is 21.3. The number of rotatable bonds is 3. The lowest BCUT2D eigenvalue weighted by Gasteiger charge is -2.12. The Morgan fingerprint density at radius 3 is 1.38 bits per heavy atom. The molecule has 0 saturated heterocycles. The molecule has 1 heterocycles. The van der Waals surface area contributed by atoms with Crippen molar-refractivity contribution in [1.29, 1.82) is 0 Å². The van der Waals surface area contributed by atoms with E-state index in [1.54, 1.807) is 0 Å². The summed E-state index contributed by atoms with van der Waals surface area (Å²) in [6, 6.07) is 53.1. The summed E-state index contributed by atoms with van der Waals surface area (Å²) in [5.74, 6) is 0.